The molecule has 1 aliphatic heterocycles. The molecule has 4 aromatic rings. The second-order valence-electron chi connectivity index (χ2n) is 7.72. The molecule has 2 aromatic heterocycles. The first-order valence-corrected chi connectivity index (χ1v) is 11.0. The lowest BCUT2D eigenvalue weighted by Gasteiger charge is -2.34. The van der Waals surface area contributed by atoms with Gasteiger partial charge in [0.25, 0.3) is 5.56 Å². The lowest BCUT2D eigenvalue weighted by atomic mass is 10.0. The van der Waals surface area contributed by atoms with E-state index in [2.05, 4.69) is 11.2 Å². The Hall–Kier alpha value is -3.06. The number of para-hydroxylation sites is 1. The smallest absolute Gasteiger partial charge is 0.274 e. The van der Waals surface area contributed by atoms with Crippen molar-refractivity contribution in [3.63, 3.8) is 0 Å². The molecule has 152 valence electrons. The van der Waals surface area contributed by atoms with Crippen molar-refractivity contribution in [1.29, 1.82) is 0 Å². The molecule has 1 atom stereocenters. The number of thiazole rings is 1. The van der Waals surface area contributed by atoms with Gasteiger partial charge in [-0.3, -0.25) is 9.59 Å². The zero-order chi connectivity index (χ0) is 20.7. The van der Waals surface area contributed by atoms with Gasteiger partial charge in [-0.25, -0.2) is 9.67 Å². The largest absolute Gasteiger partial charge is 0.333 e. The number of rotatable bonds is 3. The highest BCUT2D eigenvalue weighted by Gasteiger charge is 2.31. The summed E-state index contributed by atoms with van der Waals surface area (Å²) in [5, 5.41) is 6.76. The maximum atomic E-state index is 13.4. The molecule has 1 fully saturated rings. The molecular weight excluding hydrogens is 396 g/mol. The Morgan fingerprint density at radius 1 is 1.10 bits per heavy atom. The normalized spacial score (nSPS) is 17.0. The molecule has 0 saturated carbocycles. The molecule has 0 N–H and O–H groups in total. The van der Waals surface area contributed by atoms with Gasteiger partial charge in [-0.05, 0) is 37.5 Å². The van der Waals surface area contributed by atoms with Gasteiger partial charge < -0.3 is 4.90 Å². The molecule has 0 bridgehead atoms. The van der Waals surface area contributed by atoms with Crippen LogP contribution in [0.4, 0.5) is 0 Å². The number of carbonyl (C=O) groups excluding carboxylic acids is 1. The highest BCUT2D eigenvalue weighted by Crippen LogP contribution is 2.36. The average molecular weight is 419 g/mol. The van der Waals surface area contributed by atoms with Gasteiger partial charge in [0.05, 0.1) is 33.8 Å². The van der Waals surface area contributed by atoms with E-state index in [-0.39, 0.29) is 23.9 Å². The molecule has 0 spiro atoms. The van der Waals surface area contributed by atoms with E-state index in [1.807, 2.05) is 41.3 Å². The van der Waals surface area contributed by atoms with Crippen LogP contribution in [0.15, 0.2) is 53.3 Å². The van der Waals surface area contributed by atoms with Gasteiger partial charge in [-0.1, -0.05) is 30.3 Å². The Bertz CT molecular complexity index is 1280. The predicted octanol–water partition coefficient (Wildman–Crippen LogP) is 3.84. The van der Waals surface area contributed by atoms with Gasteiger partial charge in [0.1, 0.15) is 5.01 Å². The number of hydrogen-bond acceptors (Lipinski definition) is 5. The van der Waals surface area contributed by atoms with Crippen LogP contribution in [-0.2, 0) is 18.3 Å². The number of amides is 1. The molecule has 1 aliphatic rings. The Labute approximate surface area is 177 Å². The second kappa shape index (κ2) is 7.65. The van der Waals surface area contributed by atoms with Crippen LogP contribution in [0.25, 0.3) is 21.0 Å². The van der Waals surface area contributed by atoms with E-state index in [0.29, 0.717) is 11.1 Å². The van der Waals surface area contributed by atoms with Crippen molar-refractivity contribution in [2.75, 3.05) is 6.54 Å². The summed E-state index contributed by atoms with van der Waals surface area (Å²) >= 11 is 1.67. The van der Waals surface area contributed by atoms with E-state index in [9.17, 15) is 9.59 Å². The van der Waals surface area contributed by atoms with Crippen LogP contribution in [0.5, 0.6) is 0 Å². The van der Waals surface area contributed by atoms with Crippen molar-refractivity contribution in [3.8, 4) is 0 Å². The summed E-state index contributed by atoms with van der Waals surface area (Å²) < 4.78 is 2.47. The van der Waals surface area contributed by atoms with E-state index in [1.165, 1.54) is 4.68 Å². The number of benzene rings is 2. The fourth-order valence-electron chi connectivity index (χ4n) is 4.27. The van der Waals surface area contributed by atoms with Gasteiger partial charge >= 0.3 is 0 Å². The van der Waals surface area contributed by atoms with E-state index in [0.717, 1.165) is 46.4 Å². The van der Waals surface area contributed by atoms with E-state index in [4.69, 9.17) is 4.98 Å². The first-order valence-electron chi connectivity index (χ1n) is 10.2. The van der Waals surface area contributed by atoms with Crippen LogP contribution in [0.1, 0.15) is 36.0 Å². The summed E-state index contributed by atoms with van der Waals surface area (Å²) in [6.45, 7) is 0.725. The van der Waals surface area contributed by atoms with E-state index < -0.39 is 0 Å². The Balaban J connectivity index is 1.48. The summed E-state index contributed by atoms with van der Waals surface area (Å²) in [6.07, 6.45) is 3.18. The number of fused-ring (bicyclic) bond motifs is 2. The summed E-state index contributed by atoms with van der Waals surface area (Å²) in [4.78, 5) is 32.5. The monoisotopic (exact) mass is 418 g/mol. The number of likely N-dealkylation sites (tertiary alicyclic amines) is 1. The topological polar surface area (TPSA) is 68.1 Å². The van der Waals surface area contributed by atoms with Gasteiger partial charge in [0.15, 0.2) is 0 Å². The number of aromatic nitrogens is 3. The molecule has 0 unspecified atom stereocenters. The van der Waals surface area contributed by atoms with Crippen molar-refractivity contribution in [1.82, 2.24) is 19.7 Å². The van der Waals surface area contributed by atoms with Crippen molar-refractivity contribution < 1.29 is 4.79 Å². The number of nitrogens with zero attached hydrogens (tertiary/aromatic N) is 4. The lowest BCUT2D eigenvalue weighted by molar-refractivity contribution is -0.134. The average Bonchev–Trinajstić information content (AvgIpc) is 3.21. The van der Waals surface area contributed by atoms with Crippen molar-refractivity contribution in [3.05, 3.63) is 69.6 Å². The zero-order valence-electron chi connectivity index (χ0n) is 16.7. The van der Waals surface area contributed by atoms with Crippen LogP contribution < -0.4 is 5.56 Å². The minimum absolute atomic E-state index is 0.00226. The summed E-state index contributed by atoms with van der Waals surface area (Å²) in [7, 11) is 1.63. The molecule has 2 aromatic carbocycles. The van der Waals surface area contributed by atoms with Crippen LogP contribution in [0.2, 0.25) is 0 Å². The van der Waals surface area contributed by atoms with Crippen LogP contribution in [-0.4, -0.2) is 32.1 Å². The molecular formula is C23H22N4O2S. The SMILES string of the molecule is Cn1nc(CC(=O)N2CCCC[C@H]2c2nc3ccccc3s2)c2ccccc2c1=O. The highest BCUT2D eigenvalue weighted by molar-refractivity contribution is 7.18. The molecule has 7 heteroatoms. The fraction of sp³-hybridized carbons (Fsp3) is 0.304. The first-order chi connectivity index (χ1) is 14.6. The number of carbonyl (C=O) groups is 1. The van der Waals surface area contributed by atoms with Gasteiger partial charge in [0, 0.05) is 19.0 Å². The maximum absolute atomic E-state index is 13.4. The minimum Gasteiger partial charge on any atom is -0.333 e. The minimum atomic E-state index is -0.146. The van der Waals surface area contributed by atoms with Crippen LogP contribution in [0, 0.1) is 0 Å². The maximum Gasteiger partial charge on any atom is 0.274 e. The molecule has 1 saturated heterocycles. The molecule has 30 heavy (non-hydrogen) atoms. The summed E-state index contributed by atoms with van der Waals surface area (Å²) in [6, 6.07) is 15.5. The number of aryl methyl sites for hydroxylation is 1. The zero-order valence-corrected chi connectivity index (χ0v) is 17.6. The van der Waals surface area contributed by atoms with E-state index in [1.54, 1.807) is 24.5 Å². The van der Waals surface area contributed by atoms with Crippen LogP contribution in [0.3, 0.4) is 0 Å². The molecule has 6 nitrogen and oxygen atoms in total. The molecule has 0 radical (unpaired) electrons. The molecule has 0 aliphatic carbocycles. The van der Waals surface area contributed by atoms with E-state index >= 15 is 0 Å². The Morgan fingerprint density at radius 3 is 2.70 bits per heavy atom. The number of hydrogen-bond donors (Lipinski definition) is 0. The first kappa shape index (κ1) is 18.9. The fourth-order valence-corrected chi connectivity index (χ4v) is 5.39. The number of piperidine rings is 1. The third-order valence-electron chi connectivity index (χ3n) is 5.77. The lowest BCUT2D eigenvalue weighted by Crippen LogP contribution is -2.39. The van der Waals surface area contributed by atoms with Gasteiger partial charge in [-0.2, -0.15) is 5.10 Å². The Morgan fingerprint density at radius 2 is 1.87 bits per heavy atom. The summed E-state index contributed by atoms with van der Waals surface area (Å²) in [5.41, 5.74) is 1.49. The molecule has 3 heterocycles. The van der Waals surface area contributed by atoms with Gasteiger partial charge in [0.2, 0.25) is 5.91 Å². The van der Waals surface area contributed by atoms with Crippen molar-refractivity contribution >= 4 is 38.2 Å². The molecule has 5 rings (SSSR count). The molecule has 1 amide bonds. The quantitative estimate of drug-likeness (QED) is 0.507. The van der Waals surface area contributed by atoms with Crippen molar-refractivity contribution in [2.24, 2.45) is 7.05 Å². The third-order valence-corrected chi connectivity index (χ3v) is 6.91. The van der Waals surface area contributed by atoms with Crippen LogP contribution >= 0.6 is 11.3 Å². The predicted molar refractivity (Wildman–Crippen MR) is 119 cm³/mol. The highest BCUT2D eigenvalue weighted by atomic mass is 32.1. The Kier molecular flexibility index (Phi) is 4.83. The standard InChI is InChI=1S/C23H22N4O2S/c1-26-23(29)16-9-3-2-8-15(16)18(25-26)14-21(28)27-13-7-6-11-19(27)22-24-17-10-4-5-12-20(17)30-22/h2-5,8-10,12,19H,6-7,11,13-14H2,1H3/t19-/m0/s1. The summed E-state index contributed by atoms with van der Waals surface area (Å²) in [5.74, 6) is 0.0373. The van der Waals surface area contributed by atoms with Crippen molar-refractivity contribution in [2.45, 2.75) is 31.7 Å². The third kappa shape index (κ3) is 3.29. The second-order valence-corrected chi connectivity index (χ2v) is 8.78. The van der Waals surface area contributed by atoms with Gasteiger partial charge in [-0.15, -0.1) is 11.3 Å².